The first-order chi connectivity index (χ1) is 13.8. The maximum absolute atomic E-state index is 12.4. The Bertz CT molecular complexity index is 684. The van der Waals surface area contributed by atoms with Crippen LogP contribution < -0.4 is 33.2 Å². The van der Waals surface area contributed by atoms with Crippen molar-refractivity contribution in [2.24, 2.45) is 17.2 Å². The van der Waals surface area contributed by atoms with Crippen LogP contribution in [-0.2, 0) is 28.8 Å². The number of carbonyl (C=O) groups excluding carboxylic acids is 5. The van der Waals surface area contributed by atoms with E-state index in [4.69, 9.17) is 27.4 Å². The zero-order valence-electron chi connectivity index (χ0n) is 16.0. The standard InChI is InChI=1S/C15H26N6O9/c1-5(23)11(21-12(26)6(16)2-9(17)24)14(28)19-7(3-10(18)25)13(27)20-8(4-22)15(29)30/h5-8,11,22-23H,2-4,16H2,1H3,(H2,17,24)(H2,18,25)(H,19,28)(H,20,27)(H,21,26)(H,29,30). The molecule has 0 aromatic rings. The number of aliphatic hydroxyl groups is 2. The van der Waals surface area contributed by atoms with E-state index >= 15 is 0 Å². The van der Waals surface area contributed by atoms with Gasteiger partial charge in [0.05, 0.1) is 31.6 Å². The largest absolute Gasteiger partial charge is 0.480 e. The Kier molecular flexibility index (Phi) is 10.9. The molecule has 15 nitrogen and oxygen atoms in total. The number of rotatable bonds is 13. The zero-order valence-corrected chi connectivity index (χ0v) is 16.0. The number of nitrogens with one attached hydrogen (secondary N) is 3. The lowest BCUT2D eigenvalue weighted by Crippen LogP contribution is -2.60. The Morgan fingerprint density at radius 2 is 1.33 bits per heavy atom. The molecule has 0 saturated heterocycles. The van der Waals surface area contributed by atoms with Gasteiger partial charge < -0.3 is 48.5 Å². The van der Waals surface area contributed by atoms with Crippen molar-refractivity contribution in [3.63, 3.8) is 0 Å². The highest BCUT2D eigenvalue weighted by atomic mass is 16.4. The molecule has 5 atom stereocenters. The lowest BCUT2D eigenvalue weighted by molar-refractivity contribution is -0.143. The Hall–Kier alpha value is -3.30. The molecule has 0 spiro atoms. The van der Waals surface area contributed by atoms with Crippen LogP contribution in [0.1, 0.15) is 19.8 Å². The second-order valence-electron chi connectivity index (χ2n) is 6.32. The van der Waals surface area contributed by atoms with E-state index in [9.17, 15) is 33.9 Å². The molecule has 0 radical (unpaired) electrons. The van der Waals surface area contributed by atoms with E-state index in [1.165, 1.54) is 0 Å². The molecule has 0 bridgehead atoms. The van der Waals surface area contributed by atoms with Crippen molar-refractivity contribution in [2.45, 2.75) is 50.0 Å². The van der Waals surface area contributed by atoms with Gasteiger partial charge in [0.25, 0.3) is 0 Å². The molecule has 15 heteroatoms. The van der Waals surface area contributed by atoms with Crippen LogP contribution in [0.2, 0.25) is 0 Å². The van der Waals surface area contributed by atoms with Gasteiger partial charge in [0, 0.05) is 0 Å². The molecule has 0 aromatic heterocycles. The third-order valence-corrected chi connectivity index (χ3v) is 3.66. The second kappa shape index (κ2) is 12.3. The minimum absolute atomic E-state index is 0.537. The quantitative estimate of drug-likeness (QED) is 0.132. The Balaban J connectivity index is 5.37. The summed E-state index contributed by atoms with van der Waals surface area (Å²) in [6, 6.07) is -6.47. The fourth-order valence-electron chi connectivity index (χ4n) is 2.10. The van der Waals surface area contributed by atoms with Crippen LogP contribution in [0.25, 0.3) is 0 Å². The highest BCUT2D eigenvalue weighted by Gasteiger charge is 2.33. The van der Waals surface area contributed by atoms with Gasteiger partial charge in [-0.25, -0.2) is 4.79 Å². The molecule has 0 aliphatic rings. The molecule has 0 saturated carbocycles. The molecule has 0 aromatic carbocycles. The fourth-order valence-corrected chi connectivity index (χ4v) is 2.10. The minimum Gasteiger partial charge on any atom is -0.480 e. The predicted octanol–water partition coefficient (Wildman–Crippen LogP) is -6.02. The molecule has 12 N–H and O–H groups in total. The van der Waals surface area contributed by atoms with Gasteiger partial charge in [0.15, 0.2) is 0 Å². The van der Waals surface area contributed by atoms with Crippen LogP contribution in [0.3, 0.4) is 0 Å². The molecule has 0 aliphatic carbocycles. The lowest BCUT2D eigenvalue weighted by atomic mass is 10.1. The summed E-state index contributed by atoms with van der Waals surface area (Å²) in [4.78, 5) is 69.6. The second-order valence-corrected chi connectivity index (χ2v) is 6.32. The van der Waals surface area contributed by atoms with Gasteiger partial charge in [0.2, 0.25) is 29.5 Å². The van der Waals surface area contributed by atoms with Gasteiger partial charge in [-0.15, -0.1) is 0 Å². The highest BCUT2D eigenvalue weighted by Crippen LogP contribution is 2.00. The summed E-state index contributed by atoms with van der Waals surface area (Å²) in [6.07, 6.45) is -2.79. The van der Waals surface area contributed by atoms with Crippen molar-refractivity contribution in [2.75, 3.05) is 6.61 Å². The van der Waals surface area contributed by atoms with Crippen LogP contribution in [-0.4, -0.2) is 87.7 Å². The number of carboxylic acid groups (broad SMARTS) is 1. The van der Waals surface area contributed by atoms with Gasteiger partial charge in [0.1, 0.15) is 18.1 Å². The van der Waals surface area contributed by atoms with Gasteiger partial charge in [-0.3, -0.25) is 24.0 Å². The van der Waals surface area contributed by atoms with Gasteiger partial charge in [-0.2, -0.15) is 0 Å². The van der Waals surface area contributed by atoms with E-state index in [1.807, 2.05) is 10.6 Å². The van der Waals surface area contributed by atoms with Crippen LogP contribution >= 0.6 is 0 Å². The molecule has 5 amide bonds. The molecule has 0 heterocycles. The topological polar surface area (TPSA) is 277 Å². The molecule has 0 rings (SSSR count). The summed E-state index contributed by atoms with van der Waals surface area (Å²) in [5.41, 5.74) is 15.4. The van der Waals surface area contributed by atoms with E-state index in [0.717, 1.165) is 6.92 Å². The number of primary amides is 2. The van der Waals surface area contributed by atoms with E-state index in [1.54, 1.807) is 0 Å². The van der Waals surface area contributed by atoms with Crippen molar-refractivity contribution in [1.82, 2.24) is 16.0 Å². The summed E-state index contributed by atoms with van der Waals surface area (Å²) in [6.45, 7) is 0.155. The molecule has 0 fully saturated rings. The molecule has 0 aliphatic heterocycles. The molecular weight excluding hydrogens is 408 g/mol. The summed E-state index contributed by atoms with van der Waals surface area (Å²) >= 11 is 0. The smallest absolute Gasteiger partial charge is 0.328 e. The summed E-state index contributed by atoms with van der Waals surface area (Å²) in [5, 5.41) is 33.6. The average Bonchev–Trinajstić information content (AvgIpc) is 2.61. The summed E-state index contributed by atoms with van der Waals surface area (Å²) in [7, 11) is 0. The number of aliphatic hydroxyl groups excluding tert-OH is 2. The number of hydrogen-bond donors (Lipinski definition) is 9. The number of carboxylic acids is 1. The van der Waals surface area contributed by atoms with Crippen molar-refractivity contribution >= 4 is 35.5 Å². The molecule has 5 unspecified atom stereocenters. The first kappa shape index (κ1) is 26.7. The van der Waals surface area contributed by atoms with Gasteiger partial charge >= 0.3 is 5.97 Å². The monoisotopic (exact) mass is 434 g/mol. The third kappa shape index (κ3) is 9.26. The Morgan fingerprint density at radius 1 is 0.833 bits per heavy atom. The van der Waals surface area contributed by atoms with Crippen LogP contribution in [0.5, 0.6) is 0 Å². The first-order valence-corrected chi connectivity index (χ1v) is 8.55. The van der Waals surface area contributed by atoms with Crippen LogP contribution in [0.4, 0.5) is 0 Å². The number of hydrogen-bond acceptors (Lipinski definition) is 9. The number of aliphatic carboxylic acids is 1. The molecule has 170 valence electrons. The number of nitrogens with two attached hydrogens (primary N) is 3. The maximum Gasteiger partial charge on any atom is 0.328 e. The Labute approximate surface area is 170 Å². The predicted molar refractivity (Wildman–Crippen MR) is 97.8 cm³/mol. The fraction of sp³-hybridized carbons (Fsp3) is 0.600. The molecule has 30 heavy (non-hydrogen) atoms. The third-order valence-electron chi connectivity index (χ3n) is 3.66. The summed E-state index contributed by atoms with van der Waals surface area (Å²) < 4.78 is 0. The van der Waals surface area contributed by atoms with Crippen molar-refractivity contribution in [3.05, 3.63) is 0 Å². The first-order valence-electron chi connectivity index (χ1n) is 8.55. The average molecular weight is 434 g/mol. The number of amides is 5. The SMILES string of the molecule is CC(O)C(NC(=O)C(N)CC(N)=O)C(=O)NC(CC(N)=O)C(=O)NC(CO)C(=O)O. The zero-order chi connectivity index (χ0) is 23.6. The lowest BCUT2D eigenvalue weighted by Gasteiger charge is -2.25. The van der Waals surface area contributed by atoms with Crippen molar-refractivity contribution < 1.29 is 44.1 Å². The number of carbonyl (C=O) groups is 6. The van der Waals surface area contributed by atoms with E-state index in [2.05, 4.69) is 5.32 Å². The normalized spacial score (nSPS) is 15.6. The van der Waals surface area contributed by atoms with Crippen LogP contribution in [0.15, 0.2) is 0 Å². The van der Waals surface area contributed by atoms with Crippen molar-refractivity contribution in [1.29, 1.82) is 0 Å². The molecular formula is C15H26N6O9. The van der Waals surface area contributed by atoms with Crippen LogP contribution in [0, 0.1) is 0 Å². The van der Waals surface area contributed by atoms with E-state index < -0.39 is 85.2 Å². The van der Waals surface area contributed by atoms with E-state index in [0.29, 0.717) is 0 Å². The van der Waals surface area contributed by atoms with Crippen molar-refractivity contribution in [3.8, 4) is 0 Å². The van der Waals surface area contributed by atoms with E-state index in [-0.39, 0.29) is 0 Å². The van der Waals surface area contributed by atoms with Gasteiger partial charge in [-0.05, 0) is 6.92 Å². The summed E-state index contributed by atoms with van der Waals surface area (Å²) in [5.74, 6) is -6.80. The minimum atomic E-state index is -1.72. The maximum atomic E-state index is 12.4. The Morgan fingerprint density at radius 3 is 1.73 bits per heavy atom. The highest BCUT2D eigenvalue weighted by molar-refractivity contribution is 5.96. The van der Waals surface area contributed by atoms with Gasteiger partial charge in [-0.1, -0.05) is 0 Å².